The molecule has 0 radical (unpaired) electrons. The Hall–Kier alpha value is -0.0800. The maximum Gasteiger partial charge on any atom is 0.0653 e. The Labute approximate surface area is 106 Å². The fourth-order valence-corrected chi connectivity index (χ4v) is 3.63. The van der Waals surface area contributed by atoms with Crippen LogP contribution in [-0.2, 0) is 4.74 Å². The molecule has 2 rings (SSSR count). The van der Waals surface area contributed by atoms with Crippen LogP contribution in [0.1, 0.15) is 58.8 Å². The molecule has 1 aliphatic heterocycles. The summed E-state index contributed by atoms with van der Waals surface area (Å²) in [4.78, 5) is 0. The number of hydrogen-bond acceptors (Lipinski definition) is 2. The van der Waals surface area contributed by atoms with Crippen LogP contribution >= 0.6 is 0 Å². The highest BCUT2D eigenvalue weighted by Gasteiger charge is 2.37. The van der Waals surface area contributed by atoms with Crippen molar-refractivity contribution in [3.8, 4) is 0 Å². The quantitative estimate of drug-likeness (QED) is 0.819. The van der Waals surface area contributed by atoms with Crippen LogP contribution in [0.15, 0.2) is 0 Å². The smallest absolute Gasteiger partial charge is 0.0653 e. The molecule has 1 saturated carbocycles. The fraction of sp³-hybridized carbons (Fsp3) is 1.00. The molecule has 1 aliphatic carbocycles. The predicted octanol–water partition coefficient (Wildman–Crippen LogP) is 3.38. The summed E-state index contributed by atoms with van der Waals surface area (Å²) < 4.78 is 5.40. The number of aliphatic hydroxyl groups is 1. The maximum absolute atomic E-state index is 10.8. The molecule has 1 saturated heterocycles. The average Bonchev–Trinajstić information content (AvgIpc) is 2.29. The molecule has 0 aromatic rings. The van der Waals surface area contributed by atoms with Crippen molar-refractivity contribution in [3.63, 3.8) is 0 Å². The summed E-state index contributed by atoms with van der Waals surface area (Å²) in [6.45, 7) is 6.39. The third kappa shape index (κ3) is 3.69. The van der Waals surface area contributed by atoms with E-state index in [1.807, 2.05) is 0 Å². The highest BCUT2D eigenvalue weighted by Crippen LogP contribution is 2.41. The second kappa shape index (κ2) is 5.71. The van der Waals surface area contributed by atoms with Gasteiger partial charge in [0, 0.05) is 13.2 Å². The molecule has 2 aliphatic rings. The zero-order chi connectivity index (χ0) is 12.3. The van der Waals surface area contributed by atoms with E-state index < -0.39 is 0 Å². The average molecular weight is 240 g/mol. The summed E-state index contributed by atoms with van der Waals surface area (Å²) in [6.07, 6.45) is 7.88. The Morgan fingerprint density at radius 3 is 2.59 bits per heavy atom. The zero-order valence-electron chi connectivity index (χ0n) is 11.5. The number of ether oxygens (including phenoxy) is 1. The summed E-state index contributed by atoms with van der Waals surface area (Å²) in [5, 5.41) is 10.8. The van der Waals surface area contributed by atoms with Crippen LogP contribution in [0, 0.1) is 17.8 Å². The SMILES string of the molecule is CC(C)C1CCCC(O)(CC2CCOCC2)C1. The van der Waals surface area contributed by atoms with Gasteiger partial charge in [0.2, 0.25) is 0 Å². The molecule has 0 spiro atoms. The summed E-state index contributed by atoms with van der Waals surface area (Å²) in [7, 11) is 0. The van der Waals surface area contributed by atoms with Crippen LogP contribution in [0.2, 0.25) is 0 Å². The summed E-state index contributed by atoms with van der Waals surface area (Å²) >= 11 is 0. The lowest BCUT2D eigenvalue weighted by Crippen LogP contribution is -2.39. The van der Waals surface area contributed by atoms with Gasteiger partial charge in [0.1, 0.15) is 0 Å². The van der Waals surface area contributed by atoms with Crippen molar-refractivity contribution < 1.29 is 9.84 Å². The van der Waals surface area contributed by atoms with Crippen LogP contribution in [0.5, 0.6) is 0 Å². The third-order valence-electron chi connectivity index (χ3n) is 4.81. The van der Waals surface area contributed by atoms with E-state index >= 15 is 0 Å². The lowest BCUT2D eigenvalue weighted by atomic mass is 9.70. The van der Waals surface area contributed by atoms with Crippen molar-refractivity contribution >= 4 is 0 Å². The van der Waals surface area contributed by atoms with Crippen molar-refractivity contribution in [1.82, 2.24) is 0 Å². The van der Waals surface area contributed by atoms with Crippen LogP contribution < -0.4 is 0 Å². The molecule has 2 fully saturated rings. The molecular formula is C15H28O2. The number of rotatable bonds is 3. The molecule has 1 heterocycles. The van der Waals surface area contributed by atoms with Gasteiger partial charge >= 0.3 is 0 Å². The Balaban J connectivity index is 1.88. The molecule has 0 amide bonds. The molecule has 17 heavy (non-hydrogen) atoms. The predicted molar refractivity (Wildman–Crippen MR) is 69.9 cm³/mol. The van der Waals surface area contributed by atoms with Crippen molar-refractivity contribution in [1.29, 1.82) is 0 Å². The molecule has 100 valence electrons. The van der Waals surface area contributed by atoms with E-state index in [9.17, 15) is 5.11 Å². The van der Waals surface area contributed by atoms with Gasteiger partial charge in [0.15, 0.2) is 0 Å². The fourth-order valence-electron chi connectivity index (χ4n) is 3.63. The molecule has 2 nitrogen and oxygen atoms in total. The molecule has 0 aromatic heterocycles. The van der Waals surface area contributed by atoms with Gasteiger partial charge in [-0.1, -0.05) is 20.3 Å². The van der Waals surface area contributed by atoms with E-state index in [0.717, 1.165) is 57.2 Å². The van der Waals surface area contributed by atoms with Gasteiger partial charge in [0.05, 0.1) is 5.60 Å². The molecule has 2 unspecified atom stereocenters. The maximum atomic E-state index is 10.8. The third-order valence-corrected chi connectivity index (χ3v) is 4.81. The standard InChI is InChI=1S/C15H28O2/c1-12(2)14-4-3-7-15(16,11-14)10-13-5-8-17-9-6-13/h12-14,16H,3-11H2,1-2H3. The van der Waals surface area contributed by atoms with Crippen molar-refractivity contribution in [2.24, 2.45) is 17.8 Å². The van der Waals surface area contributed by atoms with Gasteiger partial charge in [-0.05, 0) is 56.3 Å². The van der Waals surface area contributed by atoms with Gasteiger partial charge in [-0.2, -0.15) is 0 Å². The van der Waals surface area contributed by atoms with Crippen molar-refractivity contribution in [3.05, 3.63) is 0 Å². The van der Waals surface area contributed by atoms with Crippen LogP contribution in [0.25, 0.3) is 0 Å². The lowest BCUT2D eigenvalue weighted by molar-refractivity contribution is -0.0557. The Bertz CT molecular complexity index is 233. The molecule has 0 aromatic carbocycles. The minimum atomic E-state index is -0.366. The van der Waals surface area contributed by atoms with Crippen molar-refractivity contribution in [2.45, 2.75) is 64.4 Å². The first-order chi connectivity index (χ1) is 8.09. The van der Waals surface area contributed by atoms with Gasteiger partial charge in [-0.15, -0.1) is 0 Å². The van der Waals surface area contributed by atoms with Crippen LogP contribution in [0.4, 0.5) is 0 Å². The topological polar surface area (TPSA) is 29.5 Å². The highest BCUT2D eigenvalue weighted by atomic mass is 16.5. The van der Waals surface area contributed by atoms with E-state index in [2.05, 4.69) is 13.8 Å². The van der Waals surface area contributed by atoms with E-state index in [0.29, 0.717) is 5.92 Å². The molecule has 2 heteroatoms. The molecule has 2 atom stereocenters. The van der Waals surface area contributed by atoms with Gasteiger partial charge in [-0.25, -0.2) is 0 Å². The monoisotopic (exact) mass is 240 g/mol. The van der Waals surface area contributed by atoms with E-state index in [1.54, 1.807) is 0 Å². The highest BCUT2D eigenvalue weighted by molar-refractivity contribution is 4.89. The largest absolute Gasteiger partial charge is 0.390 e. The second-order valence-electron chi connectivity index (χ2n) is 6.58. The van der Waals surface area contributed by atoms with Gasteiger partial charge < -0.3 is 9.84 Å². The summed E-state index contributed by atoms with van der Waals surface area (Å²) in [5.41, 5.74) is -0.366. The van der Waals surface area contributed by atoms with Crippen LogP contribution in [0.3, 0.4) is 0 Å². The zero-order valence-corrected chi connectivity index (χ0v) is 11.5. The first-order valence-corrected chi connectivity index (χ1v) is 7.39. The minimum absolute atomic E-state index is 0.366. The van der Waals surface area contributed by atoms with Gasteiger partial charge in [-0.3, -0.25) is 0 Å². The van der Waals surface area contributed by atoms with E-state index in [4.69, 9.17) is 4.74 Å². The summed E-state index contributed by atoms with van der Waals surface area (Å²) in [5.74, 6) is 2.14. The van der Waals surface area contributed by atoms with Crippen molar-refractivity contribution in [2.75, 3.05) is 13.2 Å². The molecular weight excluding hydrogens is 212 g/mol. The normalized spacial score (nSPS) is 36.4. The second-order valence-corrected chi connectivity index (χ2v) is 6.58. The minimum Gasteiger partial charge on any atom is -0.390 e. The Morgan fingerprint density at radius 1 is 1.24 bits per heavy atom. The Kier molecular flexibility index (Phi) is 4.48. The lowest BCUT2D eigenvalue weighted by Gasteiger charge is -2.41. The van der Waals surface area contributed by atoms with E-state index in [1.165, 1.54) is 12.8 Å². The van der Waals surface area contributed by atoms with Gasteiger partial charge in [0.25, 0.3) is 0 Å². The Morgan fingerprint density at radius 2 is 1.94 bits per heavy atom. The summed E-state index contributed by atoms with van der Waals surface area (Å²) in [6, 6.07) is 0. The molecule has 0 bridgehead atoms. The van der Waals surface area contributed by atoms with Crippen LogP contribution in [-0.4, -0.2) is 23.9 Å². The first-order valence-electron chi connectivity index (χ1n) is 7.39. The van der Waals surface area contributed by atoms with E-state index in [-0.39, 0.29) is 5.60 Å². The number of hydrogen-bond donors (Lipinski definition) is 1. The molecule has 1 N–H and O–H groups in total. The first kappa shape index (κ1) is 13.4.